The van der Waals surface area contributed by atoms with Crippen LogP contribution >= 0.6 is 57.6 Å². The molecule has 35 heavy (non-hydrogen) atoms. The molecule has 5 nitrogen and oxygen atoms in total. The Morgan fingerprint density at radius 1 is 1.09 bits per heavy atom. The molecular weight excluding hydrogens is 620 g/mol. The first kappa shape index (κ1) is 26.6. The van der Waals surface area contributed by atoms with Crippen LogP contribution in [0.2, 0.25) is 10.0 Å². The molecule has 4 rings (SSSR count). The number of carbonyl (C=O) groups is 2. The van der Waals surface area contributed by atoms with Crippen LogP contribution in [0.4, 0.5) is 4.79 Å². The Balaban J connectivity index is 1.52. The van der Waals surface area contributed by atoms with E-state index in [0.29, 0.717) is 52.1 Å². The van der Waals surface area contributed by atoms with Gasteiger partial charge in [0, 0.05) is 6.54 Å². The summed E-state index contributed by atoms with van der Waals surface area (Å²) in [5.74, 6) is 1.39. The summed E-state index contributed by atoms with van der Waals surface area (Å²) in [6, 6.07) is 9.13. The van der Waals surface area contributed by atoms with E-state index in [1.165, 1.54) is 24.2 Å². The van der Waals surface area contributed by atoms with Crippen LogP contribution in [-0.2, 0) is 11.4 Å². The molecule has 1 saturated heterocycles. The Bertz CT molecular complexity index is 1150. The highest BCUT2D eigenvalue weighted by Gasteiger charge is 2.36. The van der Waals surface area contributed by atoms with E-state index in [0.717, 1.165) is 39.3 Å². The summed E-state index contributed by atoms with van der Waals surface area (Å²) in [6.07, 6.45) is 7.52. The van der Waals surface area contributed by atoms with E-state index in [4.69, 9.17) is 32.7 Å². The number of hydrogen-bond acceptors (Lipinski definition) is 5. The summed E-state index contributed by atoms with van der Waals surface area (Å²) in [4.78, 5) is 27.4. The number of carbonyl (C=O) groups excluding carboxylic acids is 2. The summed E-state index contributed by atoms with van der Waals surface area (Å²) in [7, 11) is 0. The Labute approximate surface area is 233 Å². The molecule has 9 heteroatoms. The molecule has 2 aliphatic rings. The molecule has 1 heterocycles. The number of benzene rings is 2. The van der Waals surface area contributed by atoms with E-state index in [-0.39, 0.29) is 11.1 Å². The van der Waals surface area contributed by atoms with E-state index in [2.05, 4.69) is 22.6 Å². The lowest BCUT2D eigenvalue weighted by Gasteiger charge is -2.25. The van der Waals surface area contributed by atoms with Crippen LogP contribution in [0.3, 0.4) is 0 Å². The van der Waals surface area contributed by atoms with Gasteiger partial charge in [-0.15, -0.1) is 0 Å². The third-order valence-corrected chi connectivity index (χ3v) is 8.48. The zero-order chi connectivity index (χ0) is 24.9. The highest BCUT2D eigenvalue weighted by molar-refractivity contribution is 14.1. The highest BCUT2D eigenvalue weighted by atomic mass is 127. The van der Waals surface area contributed by atoms with E-state index in [1.807, 2.05) is 25.1 Å². The molecule has 0 bridgehead atoms. The van der Waals surface area contributed by atoms with Gasteiger partial charge < -0.3 is 9.47 Å². The predicted molar refractivity (Wildman–Crippen MR) is 150 cm³/mol. The van der Waals surface area contributed by atoms with E-state index >= 15 is 0 Å². The topological polar surface area (TPSA) is 55.8 Å². The number of ether oxygens (including phenoxy) is 2. The maximum Gasteiger partial charge on any atom is 0.293 e. The fourth-order valence-electron chi connectivity index (χ4n) is 4.30. The first-order valence-electron chi connectivity index (χ1n) is 11.6. The zero-order valence-corrected chi connectivity index (χ0v) is 23.8. The third kappa shape index (κ3) is 6.67. The van der Waals surface area contributed by atoms with Crippen LogP contribution in [-0.4, -0.2) is 29.2 Å². The van der Waals surface area contributed by atoms with Gasteiger partial charge >= 0.3 is 0 Å². The first-order valence-corrected chi connectivity index (χ1v) is 14.3. The number of amides is 2. The second-order valence-corrected chi connectivity index (χ2v) is 11.6. The molecule has 2 amide bonds. The normalized spacial score (nSPS) is 17.9. The van der Waals surface area contributed by atoms with Crippen molar-refractivity contribution in [3.63, 3.8) is 0 Å². The predicted octanol–water partition coefficient (Wildman–Crippen LogP) is 8.19. The number of halogens is 3. The van der Waals surface area contributed by atoms with Crippen LogP contribution in [0, 0.1) is 9.49 Å². The first-order chi connectivity index (χ1) is 16.9. The fraction of sp³-hybridized carbons (Fsp3) is 0.385. The number of imide groups is 1. The van der Waals surface area contributed by atoms with Gasteiger partial charge in [0.25, 0.3) is 11.1 Å². The minimum Gasteiger partial charge on any atom is -0.490 e. The van der Waals surface area contributed by atoms with Crippen LogP contribution < -0.4 is 9.47 Å². The van der Waals surface area contributed by atoms with Crippen molar-refractivity contribution in [3.05, 3.63) is 60.0 Å². The average molecular weight is 646 g/mol. The van der Waals surface area contributed by atoms with E-state index in [9.17, 15) is 9.59 Å². The molecule has 0 atom stereocenters. The quantitative estimate of drug-likeness (QED) is 0.214. The van der Waals surface area contributed by atoms with Gasteiger partial charge in [0.2, 0.25) is 0 Å². The van der Waals surface area contributed by atoms with E-state index in [1.54, 1.807) is 18.2 Å². The fourth-order valence-corrected chi connectivity index (χ4v) is 6.25. The summed E-state index contributed by atoms with van der Waals surface area (Å²) in [5.41, 5.74) is 1.66. The lowest BCUT2D eigenvalue weighted by atomic mass is 9.89. The zero-order valence-electron chi connectivity index (χ0n) is 19.3. The third-order valence-electron chi connectivity index (χ3n) is 6.04. The molecule has 1 saturated carbocycles. The molecule has 186 valence electrons. The minimum absolute atomic E-state index is 0.187. The second kappa shape index (κ2) is 12.2. The Kier molecular flexibility index (Phi) is 9.29. The van der Waals surface area contributed by atoms with Gasteiger partial charge in [-0.25, -0.2) is 0 Å². The van der Waals surface area contributed by atoms with Crippen molar-refractivity contribution < 1.29 is 19.1 Å². The van der Waals surface area contributed by atoms with Crippen LogP contribution in [0.25, 0.3) is 6.08 Å². The number of hydrogen-bond donors (Lipinski definition) is 0. The van der Waals surface area contributed by atoms with Crippen molar-refractivity contribution in [2.45, 2.75) is 45.6 Å². The van der Waals surface area contributed by atoms with Gasteiger partial charge in [0.05, 0.1) is 25.1 Å². The summed E-state index contributed by atoms with van der Waals surface area (Å²) in [5, 5.41) is 0.779. The molecule has 2 aromatic carbocycles. The molecule has 0 spiro atoms. The lowest BCUT2D eigenvalue weighted by molar-refractivity contribution is -0.123. The second-order valence-electron chi connectivity index (χ2n) is 8.60. The Morgan fingerprint density at radius 2 is 1.86 bits per heavy atom. The van der Waals surface area contributed by atoms with Crippen molar-refractivity contribution >= 4 is 74.8 Å². The van der Waals surface area contributed by atoms with Crippen molar-refractivity contribution in [2.24, 2.45) is 5.92 Å². The summed E-state index contributed by atoms with van der Waals surface area (Å²) < 4.78 is 12.8. The summed E-state index contributed by atoms with van der Waals surface area (Å²) >= 11 is 15.3. The van der Waals surface area contributed by atoms with Crippen molar-refractivity contribution in [1.82, 2.24) is 4.90 Å². The van der Waals surface area contributed by atoms with Gasteiger partial charge in [-0.2, -0.15) is 0 Å². The average Bonchev–Trinajstić information content (AvgIpc) is 3.09. The minimum atomic E-state index is -0.210. The molecule has 1 aliphatic heterocycles. The van der Waals surface area contributed by atoms with Gasteiger partial charge in [-0.1, -0.05) is 48.5 Å². The largest absolute Gasteiger partial charge is 0.490 e. The maximum atomic E-state index is 13.0. The number of rotatable bonds is 8. The molecule has 1 aliphatic carbocycles. The van der Waals surface area contributed by atoms with Crippen LogP contribution in [0.5, 0.6) is 11.5 Å². The molecule has 2 aromatic rings. The van der Waals surface area contributed by atoms with Gasteiger partial charge in [-0.3, -0.25) is 14.5 Å². The molecule has 2 fully saturated rings. The number of nitrogens with zero attached hydrogens (tertiary/aromatic N) is 1. The van der Waals surface area contributed by atoms with Crippen molar-refractivity contribution in [1.29, 1.82) is 0 Å². The summed E-state index contributed by atoms with van der Waals surface area (Å²) in [6.45, 7) is 3.18. The van der Waals surface area contributed by atoms with E-state index < -0.39 is 0 Å². The maximum absolute atomic E-state index is 13.0. The van der Waals surface area contributed by atoms with Crippen LogP contribution in [0.15, 0.2) is 35.2 Å². The number of thioether (sulfide) groups is 1. The molecule has 0 N–H and O–H groups in total. The van der Waals surface area contributed by atoms with Gasteiger partial charge in [-0.05, 0) is 102 Å². The van der Waals surface area contributed by atoms with Crippen LogP contribution in [0.1, 0.15) is 50.2 Å². The molecule has 0 unspecified atom stereocenters. The smallest absolute Gasteiger partial charge is 0.293 e. The SMILES string of the molecule is CCOc1cc(/C=C2/SC(=O)N(CC3CCCCC3)C2=O)cc(I)c1OCc1ccc(Cl)c(Cl)c1. The highest BCUT2D eigenvalue weighted by Crippen LogP contribution is 2.39. The molecular formula is C26H26Cl2INO4S. The Morgan fingerprint density at radius 3 is 2.57 bits per heavy atom. The monoisotopic (exact) mass is 645 g/mol. The van der Waals surface area contributed by atoms with Crippen molar-refractivity contribution in [2.75, 3.05) is 13.2 Å². The van der Waals surface area contributed by atoms with Gasteiger partial charge in [0.1, 0.15) is 6.61 Å². The molecule has 0 radical (unpaired) electrons. The van der Waals surface area contributed by atoms with Crippen molar-refractivity contribution in [3.8, 4) is 11.5 Å². The lowest BCUT2D eigenvalue weighted by Crippen LogP contribution is -2.34. The Hall–Kier alpha value is -1.42. The van der Waals surface area contributed by atoms with Gasteiger partial charge in [0.15, 0.2) is 11.5 Å². The standard InChI is InChI=1S/C26H26Cl2INO4S/c1-2-33-22-12-18(11-21(29)24(22)34-15-17-8-9-19(27)20(28)10-17)13-23-25(31)30(26(32)35-23)14-16-6-4-3-5-7-16/h8-13,16H,2-7,14-15H2,1H3/b23-13+. The molecule has 0 aromatic heterocycles.